The lowest BCUT2D eigenvalue weighted by Gasteiger charge is -2.12. The van der Waals surface area contributed by atoms with Gasteiger partial charge in [-0.25, -0.2) is 4.79 Å². The molecule has 0 saturated heterocycles. The minimum absolute atomic E-state index is 0.0449. The van der Waals surface area contributed by atoms with Crippen molar-refractivity contribution in [2.75, 3.05) is 13.1 Å². The number of urea groups is 1. The molecule has 0 aromatic heterocycles. The number of amides is 3. The molecule has 0 aliphatic rings. The first-order valence-electron chi connectivity index (χ1n) is 7.55. The fourth-order valence-electron chi connectivity index (χ4n) is 1.95. The first-order chi connectivity index (χ1) is 10.4. The van der Waals surface area contributed by atoms with Crippen LogP contribution in [-0.2, 0) is 4.79 Å². The summed E-state index contributed by atoms with van der Waals surface area (Å²) in [5, 5.41) is 7.51. The predicted octanol–water partition coefficient (Wildman–Crippen LogP) is 1.84. The highest BCUT2D eigenvalue weighted by Crippen LogP contribution is 2.19. The fourth-order valence-corrected chi connectivity index (χ4v) is 2.26. The number of hydrogen-bond donors (Lipinski definition) is 3. The Morgan fingerprint density at radius 1 is 1.23 bits per heavy atom. The van der Waals surface area contributed by atoms with E-state index in [-0.39, 0.29) is 18.5 Å². The monoisotopic (exact) mass is 326 g/mol. The summed E-state index contributed by atoms with van der Waals surface area (Å²) in [6.07, 6.45) is 0.886. The Kier molecular flexibility index (Phi) is 7.91. The van der Waals surface area contributed by atoms with Crippen LogP contribution in [0.2, 0.25) is 5.02 Å². The van der Waals surface area contributed by atoms with E-state index in [4.69, 9.17) is 11.6 Å². The van der Waals surface area contributed by atoms with Gasteiger partial charge in [0.25, 0.3) is 5.91 Å². The van der Waals surface area contributed by atoms with E-state index in [0.29, 0.717) is 17.5 Å². The highest BCUT2D eigenvalue weighted by atomic mass is 35.5. The summed E-state index contributed by atoms with van der Waals surface area (Å²) in [7, 11) is 0. The van der Waals surface area contributed by atoms with E-state index < -0.39 is 6.03 Å². The molecule has 0 saturated carbocycles. The molecule has 122 valence electrons. The summed E-state index contributed by atoms with van der Waals surface area (Å²) in [4.78, 5) is 23.3. The lowest BCUT2D eigenvalue weighted by atomic mass is 10.1. The van der Waals surface area contributed by atoms with Crippen LogP contribution in [0.4, 0.5) is 4.79 Å². The number of nitrogens with one attached hydrogen (secondary N) is 2. The van der Waals surface area contributed by atoms with Crippen LogP contribution in [0, 0.1) is 5.92 Å². The van der Waals surface area contributed by atoms with Crippen LogP contribution in [-0.4, -0.2) is 25.0 Å². The maximum atomic E-state index is 11.7. The maximum Gasteiger partial charge on any atom is 0.321 e. The summed E-state index contributed by atoms with van der Waals surface area (Å²) >= 11 is 6.12. The Morgan fingerprint density at radius 3 is 2.55 bits per heavy atom. The predicted molar refractivity (Wildman–Crippen MR) is 87.7 cm³/mol. The van der Waals surface area contributed by atoms with Crippen molar-refractivity contribution in [3.8, 4) is 0 Å². The molecule has 0 unspecified atom stereocenters. The van der Waals surface area contributed by atoms with Crippen molar-refractivity contribution < 1.29 is 14.9 Å². The topological polar surface area (TPSA) is 74.8 Å². The standard InChI is InChI=1S/C16H24ClN3O2/c1-11(2)8-9-18-16(22)20-15(21)10-19-12(3)13-6-4-5-7-14(13)17/h4-7,11-12,19H,8-10H2,1-3H3,(H2,18,20,21,22)/p+1/t12-/m1/s1. The smallest absolute Gasteiger partial charge is 0.321 e. The molecule has 5 nitrogen and oxygen atoms in total. The van der Waals surface area contributed by atoms with Crippen LogP contribution in [0.15, 0.2) is 24.3 Å². The van der Waals surface area contributed by atoms with Crippen molar-refractivity contribution in [2.24, 2.45) is 5.92 Å². The van der Waals surface area contributed by atoms with Gasteiger partial charge in [0.1, 0.15) is 6.04 Å². The molecule has 0 heterocycles. The van der Waals surface area contributed by atoms with Gasteiger partial charge in [-0.2, -0.15) is 0 Å². The molecular weight excluding hydrogens is 302 g/mol. The van der Waals surface area contributed by atoms with E-state index in [2.05, 4.69) is 24.5 Å². The zero-order valence-electron chi connectivity index (χ0n) is 13.4. The number of quaternary nitrogens is 1. The maximum absolute atomic E-state index is 11.7. The van der Waals surface area contributed by atoms with Crippen LogP contribution in [0.1, 0.15) is 38.8 Å². The summed E-state index contributed by atoms with van der Waals surface area (Å²) < 4.78 is 0. The third kappa shape index (κ3) is 6.91. The van der Waals surface area contributed by atoms with Crippen molar-refractivity contribution in [2.45, 2.75) is 33.2 Å². The first-order valence-corrected chi connectivity index (χ1v) is 7.93. The van der Waals surface area contributed by atoms with Gasteiger partial charge in [-0.05, 0) is 25.3 Å². The number of hydrogen-bond acceptors (Lipinski definition) is 2. The third-order valence-electron chi connectivity index (χ3n) is 3.31. The van der Waals surface area contributed by atoms with Crippen molar-refractivity contribution in [3.63, 3.8) is 0 Å². The van der Waals surface area contributed by atoms with Crippen molar-refractivity contribution in [1.82, 2.24) is 10.6 Å². The number of imide groups is 1. The summed E-state index contributed by atoms with van der Waals surface area (Å²) in [5.41, 5.74) is 0.971. The van der Waals surface area contributed by atoms with Gasteiger partial charge < -0.3 is 10.6 Å². The molecular formula is C16H25ClN3O2+. The molecule has 1 atom stereocenters. The SMILES string of the molecule is CC(C)CCNC(=O)NC(=O)C[NH2+][C@H](C)c1ccccc1Cl. The van der Waals surface area contributed by atoms with Crippen LogP contribution < -0.4 is 16.0 Å². The molecule has 0 radical (unpaired) electrons. The number of rotatable bonds is 7. The van der Waals surface area contributed by atoms with Crippen molar-refractivity contribution in [3.05, 3.63) is 34.9 Å². The molecule has 6 heteroatoms. The highest BCUT2D eigenvalue weighted by molar-refractivity contribution is 6.31. The van der Waals surface area contributed by atoms with Gasteiger partial charge in [-0.3, -0.25) is 10.1 Å². The van der Waals surface area contributed by atoms with Gasteiger partial charge in [-0.15, -0.1) is 0 Å². The van der Waals surface area contributed by atoms with Crippen LogP contribution in [0.5, 0.6) is 0 Å². The highest BCUT2D eigenvalue weighted by Gasteiger charge is 2.15. The molecule has 1 rings (SSSR count). The van der Waals surface area contributed by atoms with Gasteiger partial charge in [0, 0.05) is 17.1 Å². The average molecular weight is 327 g/mol. The molecule has 1 aromatic rings. The van der Waals surface area contributed by atoms with Gasteiger partial charge >= 0.3 is 6.03 Å². The minimum Gasteiger partial charge on any atom is -0.338 e. The van der Waals surface area contributed by atoms with Crippen LogP contribution >= 0.6 is 11.6 Å². The Balaban J connectivity index is 2.31. The zero-order valence-corrected chi connectivity index (χ0v) is 14.1. The molecule has 0 aliphatic heterocycles. The molecule has 22 heavy (non-hydrogen) atoms. The van der Waals surface area contributed by atoms with Crippen molar-refractivity contribution in [1.29, 1.82) is 0 Å². The van der Waals surface area contributed by atoms with E-state index in [1.54, 1.807) is 0 Å². The Bertz CT molecular complexity index is 506. The third-order valence-corrected chi connectivity index (χ3v) is 3.66. The Morgan fingerprint density at radius 2 is 1.91 bits per heavy atom. The van der Waals surface area contributed by atoms with Gasteiger partial charge in [0.2, 0.25) is 0 Å². The lowest BCUT2D eigenvalue weighted by molar-refractivity contribution is -0.682. The van der Waals surface area contributed by atoms with E-state index >= 15 is 0 Å². The summed E-state index contributed by atoms with van der Waals surface area (Å²) in [5.74, 6) is 0.196. The molecule has 3 amide bonds. The van der Waals surface area contributed by atoms with Gasteiger partial charge in [0.15, 0.2) is 6.54 Å². The lowest BCUT2D eigenvalue weighted by Crippen LogP contribution is -2.87. The second kappa shape index (κ2) is 9.43. The van der Waals surface area contributed by atoms with E-state index in [1.807, 2.05) is 36.5 Å². The number of nitrogens with two attached hydrogens (primary N) is 1. The number of carbonyl (C=O) groups excluding carboxylic acids is 2. The summed E-state index contributed by atoms with van der Waals surface area (Å²) in [6, 6.07) is 7.14. The quantitative estimate of drug-likeness (QED) is 0.715. The molecule has 0 fully saturated rings. The molecule has 0 bridgehead atoms. The van der Waals surface area contributed by atoms with E-state index in [0.717, 1.165) is 12.0 Å². The second-order valence-electron chi connectivity index (χ2n) is 5.74. The number of carbonyl (C=O) groups is 2. The average Bonchev–Trinajstić information content (AvgIpc) is 2.44. The number of benzene rings is 1. The van der Waals surface area contributed by atoms with Gasteiger partial charge in [0.05, 0.1) is 0 Å². The molecule has 4 N–H and O–H groups in total. The largest absolute Gasteiger partial charge is 0.338 e. The molecule has 1 aromatic carbocycles. The van der Waals surface area contributed by atoms with E-state index in [9.17, 15) is 9.59 Å². The minimum atomic E-state index is -0.440. The fraction of sp³-hybridized carbons (Fsp3) is 0.500. The van der Waals surface area contributed by atoms with Crippen molar-refractivity contribution >= 4 is 23.5 Å². The molecule has 0 spiro atoms. The van der Waals surface area contributed by atoms with E-state index in [1.165, 1.54) is 0 Å². The number of halogens is 1. The van der Waals surface area contributed by atoms with Gasteiger partial charge in [-0.1, -0.05) is 43.6 Å². The molecule has 0 aliphatic carbocycles. The van der Waals surface area contributed by atoms with Crippen LogP contribution in [0.25, 0.3) is 0 Å². The Labute approximate surface area is 136 Å². The Hall–Kier alpha value is -1.59. The normalized spacial score (nSPS) is 12.0. The zero-order chi connectivity index (χ0) is 16.5. The second-order valence-corrected chi connectivity index (χ2v) is 6.14. The first kappa shape index (κ1) is 18.5. The summed E-state index contributed by atoms with van der Waals surface area (Å²) in [6.45, 7) is 6.86. The van der Waals surface area contributed by atoms with Crippen LogP contribution in [0.3, 0.4) is 0 Å².